The number of nitrogens with one attached hydrogen (secondary N) is 1. The van der Waals surface area contributed by atoms with Gasteiger partial charge in [-0.15, -0.1) is 0 Å². The smallest absolute Gasteiger partial charge is 0.284 e. The lowest BCUT2D eigenvalue weighted by atomic mass is 9.90. The first-order valence-corrected chi connectivity index (χ1v) is 5.98. The van der Waals surface area contributed by atoms with Gasteiger partial charge >= 0.3 is 6.03 Å². The minimum Gasteiger partial charge on any atom is -0.284 e. The molecule has 0 spiro atoms. The second-order valence-corrected chi connectivity index (χ2v) is 4.56. The van der Waals surface area contributed by atoms with Gasteiger partial charge in [0.1, 0.15) is 6.54 Å². The lowest BCUT2D eigenvalue weighted by molar-refractivity contribution is -0.117. The minimum absolute atomic E-state index is 0.148. The van der Waals surface area contributed by atoms with Crippen molar-refractivity contribution in [3.8, 4) is 0 Å². The van der Waals surface area contributed by atoms with E-state index in [0.717, 1.165) is 24.9 Å². The van der Waals surface area contributed by atoms with E-state index < -0.39 is 0 Å². The highest BCUT2D eigenvalue weighted by molar-refractivity contribution is 6.12. The molecule has 3 rings (SSSR count). The summed E-state index contributed by atoms with van der Waals surface area (Å²) >= 11 is 0. The molecule has 2 aliphatic rings. The Morgan fingerprint density at radius 3 is 2.71 bits per heavy atom. The summed E-state index contributed by atoms with van der Waals surface area (Å²) in [6.07, 6.45) is 4.45. The summed E-state index contributed by atoms with van der Waals surface area (Å²) in [7, 11) is 0. The number of hydrogen-bond acceptors (Lipinski definition) is 2. The second kappa shape index (κ2) is 3.87. The van der Waals surface area contributed by atoms with E-state index in [1.165, 1.54) is 17.5 Å². The number of imide groups is 1. The van der Waals surface area contributed by atoms with E-state index in [0.29, 0.717) is 0 Å². The predicted octanol–water partition coefficient (Wildman–Crippen LogP) is 1.62. The molecule has 4 heteroatoms. The molecule has 17 heavy (non-hydrogen) atoms. The van der Waals surface area contributed by atoms with Gasteiger partial charge in [0.25, 0.3) is 0 Å². The fourth-order valence-electron chi connectivity index (χ4n) is 2.65. The van der Waals surface area contributed by atoms with Crippen LogP contribution in [0.2, 0.25) is 0 Å². The van der Waals surface area contributed by atoms with Gasteiger partial charge < -0.3 is 0 Å². The fraction of sp³-hybridized carbons (Fsp3) is 0.385. The Hall–Kier alpha value is -1.84. The Labute approximate surface area is 99.6 Å². The Kier molecular flexibility index (Phi) is 2.35. The average molecular weight is 230 g/mol. The molecule has 0 aromatic heterocycles. The Morgan fingerprint density at radius 1 is 1.12 bits per heavy atom. The van der Waals surface area contributed by atoms with Gasteiger partial charge in [0.15, 0.2) is 0 Å². The van der Waals surface area contributed by atoms with Crippen molar-refractivity contribution in [3.05, 3.63) is 29.3 Å². The molecule has 1 fully saturated rings. The summed E-state index contributed by atoms with van der Waals surface area (Å²) in [4.78, 5) is 24.4. The first-order chi connectivity index (χ1) is 8.25. The standard InChI is InChI=1S/C13H14N2O2/c16-12-8-15(13(17)14-12)11-7-3-5-9-4-1-2-6-10(9)11/h3,5,7H,1-2,4,6,8H2,(H,14,16,17). The molecule has 0 saturated carbocycles. The zero-order valence-corrected chi connectivity index (χ0v) is 9.53. The fourth-order valence-corrected chi connectivity index (χ4v) is 2.65. The first kappa shape index (κ1) is 10.3. The zero-order chi connectivity index (χ0) is 11.8. The molecular formula is C13H14N2O2. The van der Waals surface area contributed by atoms with Crippen LogP contribution in [0.5, 0.6) is 0 Å². The van der Waals surface area contributed by atoms with Crippen LogP contribution in [0.15, 0.2) is 18.2 Å². The summed E-state index contributed by atoms with van der Waals surface area (Å²) in [5.74, 6) is -0.219. The lowest BCUT2D eigenvalue weighted by Crippen LogP contribution is -2.29. The molecule has 0 bridgehead atoms. The summed E-state index contributed by atoms with van der Waals surface area (Å²) in [5.41, 5.74) is 3.47. The molecule has 1 aliphatic heterocycles. The first-order valence-electron chi connectivity index (χ1n) is 5.98. The maximum absolute atomic E-state index is 11.7. The molecule has 1 aliphatic carbocycles. The Balaban J connectivity index is 2.03. The van der Waals surface area contributed by atoms with E-state index in [-0.39, 0.29) is 18.5 Å². The number of nitrogens with zero attached hydrogens (tertiary/aromatic N) is 1. The van der Waals surface area contributed by atoms with E-state index in [4.69, 9.17) is 0 Å². The average Bonchev–Trinajstić information content (AvgIpc) is 2.68. The van der Waals surface area contributed by atoms with Crippen molar-refractivity contribution in [2.75, 3.05) is 11.4 Å². The number of fused-ring (bicyclic) bond motifs is 1. The molecule has 1 saturated heterocycles. The summed E-state index contributed by atoms with van der Waals surface area (Å²) in [6.45, 7) is 0.148. The SMILES string of the molecule is O=C1CN(c2cccc3c2CCCC3)C(=O)N1. The third-order valence-corrected chi connectivity index (χ3v) is 3.46. The maximum Gasteiger partial charge on any atom is 0.329 e. The van der Waals surface area contributed by atoms with Gasteiger partial charge in [-0.2, -0.15) is 0 Å². The van der Waals surface area contributed by atoms with Crippen LogP contribution in [0, 0.1) is 0 Å². The number of aryl methyl sites for hydroxylation is 1. The topological polar surface area (TPSA) is 49.4 Å². The molecule has 0 radical (unpaired) electrons. The van der Waals surface area contributed by atoms with E-state index in [1.807, 2.05) is 12.1 Å². The van der Waals surface area contributed by atoms with Gasteiger partial charge in [-0.1, -0.05) is 12.1 Å². The van der Waals surface area contributed by atoms with Gasteiger partial charge in [-0.25, -0.2) is 4.79 Å². The molecule has 3 amide bonds. The monoisotopic (exact) mass is 230 g/mol. The highest BCUT2D eigenvalue weighted by Crippen LogP contribution is 2.31. The largest absolute Gasteiger partial charge is 0.329 e. The van der Waals surface area contributed by atoms with Crippen LogP contribution in [0.3, 0.4) is 0 Å². The van der Waals surface area contributed by atoms with Crippen molar-refractivity contribution in [1.82, 2.24) is 5.32 Å². The van der Waals surface area contributed by atoms with Crippen LogP contribution in [0.25, 0.3) is 0 Å². The van der Waals surface area contributed by atoms with Crippen molar-refractivity contribution in [2.24, 2.45) is 0 Å². The van der Waals surface area contributed by atoms with Crippen LogP contribution in [-0.2, 0) is 17.6 Å². The third kappa shape index (κ3) is 1.69. The van der Waals surface area contributed by atoms with E-state index >= 15 is 0 Å². The summed E-state index contributed by atoms with van der Waals surface area (Å²) in [5, 5.41) is 2.32. The van der Waals surface area contributed by atoms with E-state index in [9.17, 15) is 9.59 Å². The van der Waals surface area contributed by atoms with Crippen LogP contribution >= 0.6 is 0 Å². The number of rotatable bonds is 1. The van der Waals surface area contributed by atoms with Crippen LogP contribution in [0.4, 0.5) is 10.5 Å². The number of hydrogen-bond donors (Lipinski definition) is 1. The molecule has 0 unspecified atom stereocenters. The normalized spacial score (nSPS) is 19.2. The van der Waals surface area contributed by atoms with Crippen molar-refractivity contribution >= 4 is 17.6 Å². The Bertz CT molecular complexity index is 496. The van der Waals surface area contributed by atoms with Crippen molar-refractivity contribution in [2.45, 2.75) is 25.7 Å². The molecule has 1 aromatic rings. The van der Waals surface area contributed by atoms with Gasteiger partial charge in [0.05, 0.1) is 0 Å². The van der Waals surface area contributed by atoms with Crippen molar-refractivity contribution in [3.63, 3.8) is 0 Å². The highest BCUT2D eigenvalue weighted by atomic mass is 16.2. The zero-order valence-electron chi connectivity index (χ0n) is 9.53. The molecule has 1 heterocycles. The molecule has 1 aromatic carbocycles. The number of carbonyl (C=O) groups is 2. The Morgan fingerprint density at radius 2 is 1.94 bits per heavy atom. The van der Waals surface area contributed by atoms with Gasteiger partial charge in [-0.05, 0) is 42.9 Å². The number of amides is 3. The van der Waals surface area contributed by atoms with Crippen LogP contribution < -0.4 is 10.2 Å². The van der Waals surface area contributed by atoms with Crippen LogP contribution in [0.1, 0.15) is 24.0 Å². The molecular weight excluding hydrogens is 216 g/mol. The van der Waals surface area contributed by atoms with Gasteiger partial charge in [0, 0.05) is 5.69 Å². The van der Waals surface area contributed by atoms with Gasteiger partial charge in [-0.3, -0.25) is 15.0 Å². The highest BCUT2D eigenvalue weighted by Gasteiger charge is 2.30. The van der Waals surface area contributed by atoms with E-state index in [1.54, 1.807) is 4.90 Å². The molecule has 88 valence electrons. The molecule has 0 atom stereocenters. The molecule has 4 nitrogen and oxygen atoms in total. The number of benzene rings is 1. The second-order valence-electron chi connectivity index (χ2n) is 4.56. The number of carbonyl (C=O) groups excluding carboxylic acids is 2. The number of anilines is 1. The predicted molar refractivity (Wildman–Crippen MR) is 64.0 cm³/mol. The maximum atomic E-state index is 11.7. The quantitative estimate of drug-likeness (QED) is 0.745. The lowest BCUT2D eigenvalue weighted by Gasteiger charge is -2.23. The number of urea groups is 1. The van der Waals surface area contributed by atoms with Gasteiger partial charge in [0.2, 0.25) is 5.91 Å². The van der Waals surface area contributed by atoms with Crippen LogP contribution in [-0.4, -0.2) is 18.5 Å². The van der Waals surface area contributed by atoms with E-state index in [2.05, 4.69) is 11.4 Å². The molecule has 1 N–H and O–H groups in total. The third-order valence-electron chi connectivity index (χ3n) is 3.46. The van der Waals surface area contributed by atoms with Crippen molar-refractivity contribution < 1.29 is 9.59 Å². The summed E-state index contributed by atoms with van der Waals surface area (Å²) in [6, 6.07) is 5.72. The minimum atomic E-state index is -0.297. The summed E-state index contributed by atoms with van der Waals surface area (Å²) < 4.78 is 0. The van der Waals surface area contributed by atoms with Crippen molar-refractivity contribution in [1.29, 1.82) is 0 Å².